The second-order valence-electron chi connectivity index (χ2n) is 4.59. The summed E-state index contributed by atoms with van der Waals surface area (Å²) in [6.45, 7) is 10.1. The monoisotopic (exact) mass is 211 g/mol. The molecule has 0 saturated carbocycles. The van der Waals surface area contributed by atoms with E-state index >= 15 is 0 Å². The fourth-order valence-corrected chi connectivity index (χ4v) is 1.66. The summed E-state index contributed by atoms with van der Waals surface area (Å²) >= 11 is 0. The smallest absolute Gasteiger partial charge is 0.00387 e. The van der Waals surface area contributed by atoms with Gasteiger partial charge < -0.3 is 5.32 Å². The maximum absolute atomic E-state index is 3.59. The first-order valence-corrected chi connectivity index (χ1v) is 6.55. The first-order chi connectivity index (χ1) is 7.20. The highest BCUT2D eigenvalue weighted by molar-refractivity contribution is 4.94. The molecule has 0 heterocycles. The Morgan fingerprint density at radius 3 is 2.60 bits per heavy atom. The minimum atomic E-state index is 0.697. The molecule has 0 aliphatic heterocycles. The Labute approximate surface area is 96.3 Å². The summed E-state index contributed by atoms with van der Waals surface area (Å²) in [5, 5.41) is 3.59. The average molecular weight is 211 g/mol. The quantitative estimate of drug-likeness (QED) is 0.443. The van der Waals surface area contributed by atoms with E-state index in [1.54, 1.807) is 0 Å². The van der Waals surface area contributed by atoms with Gasteiger partial charge in [-0.15, -0.1) is 0 Å². The predicted octanol–water partition coefficient (Wildman–Crippen LogP) is 4.29. The van der Waals surface area contributed by atoms with Crippen molar-refractivity contribution in [3.63, 3.8) is 0 Å². The molecule has 0 radical (unpaired) electrons. The molecule has 0 aliphatic carbocycles. The number of allylic oxidation sites excluding steroid dienone is 2. The summed E-state index contributed by atoms with van der Waals surface area (Å²) in [4.78, 5) is 0. The van der Waals surface area contributed by atoms with Crippen molar-refractivity contribution >= 4 is 0 Å². The summed E-state index contributed by atoms with van der Waals surface area (Å²) in [6, 6.07) is 0.697. The SMILES string of the molecule is C/C=C(\C)CCCNC(C)CCCCC. The zero-order valence-corrected chi connectivity index (χ0v) is 11.1. The highest BCUT2D eigenvalue weighted by Gasteiger charge is 1.99. The molecule has 1 unspecified atom stereocenters. The van der Waals surface area contributed by atoms with Crippen molar-refractivity contribution in [1.29, 1.82) is 0 Å². The number of unbranched alkanes of at least 4 members (excludes halogenated alkanes) is 2. The molecular formula is C14H29N. The third-order valence-corrected chi connectivity index (χ3v) is 2.97. The molecule has 0 spiro atoms. The first kappa shape index (κ1) is 14.7. The minimum absolute atomic E-state index is 0.697. The van der Waals surface area contributed by atoms with Crippen molar-refractivity contribution < 1.29 is 0 Å². The third-order valence-electron chi connectivity index (χ3n) is 2.97. The lowest BCUT2D eigenvalue weighted by Gasteiger charge is -2.13. The van der Waals surface area contributed by atoms with E-state index in [1.165, 1.54) is 50.6 Å². The second-order valence-corrected chi connectivity index (χ2v) is 4.59. The van der Waals surface area contributed by atoms with Crippen LogP contribution < -0.4 is 5.32 Å². The number of rotatable bonds is 9. The van der Waals surface area contributed by atoms with Gasteiger partial charge in [0.05, 0.1) is 0 Å². The molecule has 0 fully saturated rings. The summed E-state index contributed by atoms with van der Waals surface area (Å²) in [5.41, 5.74) is 1.51. The van der Waals surface area contributed by atoms with Crippen LogP contribution in [0.3, 0.4) is 0 Å². The Morgan fingerprint density at radius 2 is 2.00 bits per heavy atom. The molecule has 1 heteroatoms. The van der Waals surface area contributed by atoms with Crippen LogP contribution in [-0.2, 0) is 0 Å². The summed E-state index contributed by atoms with van der Waals surface area (Å²) in [7, 11) is 0. The molecule has 90 valence electrons. The van der Waals surface area contributed by atoms with Crippen LogP contribution in [0.2, 0.25) is 0 Å². The Morgan fingerprint density at radius 1 is 1.27 bits per heavy atom. The molecule has 0 aromatic carbocycles. The van der Waals surface area contributed by atoms with Crippen LogP contribution in [0.4, 0.5) is 0 Å². The van der Waals surface area contributed by atoms with Gasteiger partial charge >= 0.3 is 0 Å². The largest absolute Gasteiger partial charge is 0.314 e. The van der Waals surface area contributed by atoms with Gasteiger partial charge in [-0.3, -0.25) is 0 Å². The van der Waals surface area contributed by atoms with Gasteiger partial charge in [0.2, 0.25) is 0 Å². The molecule has 0 saturated heterocycles. The van der Waals surface area contributed by atoms with Gasteiger partial charge in [0.25, 0.3) is 0 Å². The van der Waals surface area contributed by atoms with Gasteiger partial charge in [-0.1, -0.05) is 37.8 Å². The lowest BCUT2D eigenvalue weighted by molar-refractivity contribution is 0.482. The normalized spacial score (nSPS) is 14.3. The third kappa shape index (κ3) is 9.99. The molecule has 0 aromatic heterocycles. The van der Waals surface area contributed by atoms with Crippen LogP contribution in [0.15, 0.2) is 11.6 Å². The lowest BCUT2D eigenvalue weighted by atomic mass is 10.1. The fraction of sp³-hybridized carbons (Fsp3) is 0.857. The Bertz CT molecular complexity index is 161. The number of hydrogen-bond acceptors (Lipinski definition) is 1. The van der Waals surface area contributed by atoms with Gasteiger partial charge in [0.1, 0.15) is 0 Å². The lowest BCUT2D eigenvalue weighted by Crippen LogP contribution is -2.26. The molecule has 0 amide bonds. The van der Waals surface area contributed by atoms with E-state index in [-0.39, 0.29) is 0 Å². The molecular weight excluding hydrogens is 182 g/mol. The first-order valence-electron chi connectivity index (χ1n) is 6.55. The maximum atomic E-state index is 3.59. The van der Waals surface area contributed by atoms with Crippen molar-refractivity contribution in [1.82, 2.24) is 5.32 Å². The van der Waals surface area contributed by atoms with Crippen LogP contribution in [0.25, 0.3) is 0 Å². The van der Waals surface area contributed by atoms with Crippen LogP contribution in [0.5, 0.6) is 0 Å². The Kier molecular flexibility index (Phi) is 10.0. The molecule has 1 atom stereocenters. The molecule has 1 nitrogen and oxygen atoms in total. The molecule has 1 N–H and O–H groups in total. The van der Waals surface area contributed by atoms with E-state index < -0.39 is 0 Å². The van der Waals surface area contributed by atoms with Gasteiger partial charge in [-0.2, -0.15) is 0 Å². The van der Waals surface area contributed by atoms with Gasteiger partial charge in [0.15, 0.2) is 0 Å². The standard InChI is InChI=1S/C14H29N/c1-5-7-8-11-14(4)15-12-9-10-13(3)6-2/h6,14-15H,5,7-12H2,1-4H3/b13-6+. The van der Waals surface area contributed by atoms with E-state index in [1.807, 2.05) is 0 Å². The Balaban J connectivity index is 3.27. The van der Waals surface area contributed by atoms with E-state index in [0.29, 0.717) is 6.04 Å². The topological polar surface area (TPSA) is 12.0 Å². The zero-order chi connectivity index (χ0) is 11.5. The van der Waals surface area contributed by atoms with Crippen molar-refractivity contribution in [3.05, 3.63) is 11.6 Å². The van der Waals surface area contributed by atoms with Crippen molar-refractivity contribution in [2.24, 2.45) is 0 Å². The van der Waals surface area contributed by atoms with Gasteiger partial charge in [-0.05, 0) is 46.6 Å². The molecule has 0 bridgehead atoms. The van der Waals surface area contributed by atoms with Crippen molar-refractivity contribution in [2.75, 3.05) is 6.54 Å². The van der Waals surface area contributed by atoms with Crippen molar-refractivity contribution in [2.45, 2.75) is 72.3 Å². The summed E-state index contributed by atoms with van der Waals surface area (Å²) in [6.07, 6.45) is 10.1. The number of nitrogens with one attached hydrogen (secondary N) is 1. The van der Waals surface area contributed by atoms with E-state index in [9.17, 15) is 0 Å². The molecule has 0 aromatic rings. The molecule has 0 aliphatic rings. The fourth-order valence-electron chi connectivity index (χ4n) is 1.66. The van der Waals surface area contributed by atoms with Crippen LogP contribution >= 0.6 is 0 Å². The highest BCUT2D eigenvalue weighted by Crippen LogP contribution is 2.04. The average Bonchev–Trinajstić information content (AvgIpc) is 2.24. The molecule has 15 heavy (non-hydrogen) atoms. The van der Waals surface area contributed by atoms with Crippen LogP contribution in [-0.4, -0.2) is 12.6 Å². The number of hydrogen-bond donors (Lipinski definition) is 1. The van der Waals surface area contributed by atoms with Gasteiger partial charge in [-0.25, -0.2) is 0 Å². The maximum Gasteiger partial charge on any atom is 0.00387 e. The van der Waals surface area contributed by atoms with E-state index in [0.717, 1.165) is 0 Å². The molecule has 0 rings (SSSR count). The summed E-state index contributed by atoms with van der Waals surface area (Å²) in [5.74, 6) is 0. The van der Waals surface area contributed by atoms with Gasteiger partial charge in [0, 0.05) is 6.04 Å². The van der Waals surface area contributed by atoms with E-state index in [4.69, 9.17) is 0 Å². The second kappa shape index (κ2) is 10.2. The van der Waals surface area contributed by atoms with Crippen LogP contribution in [0.1, 0.15) is 66.2 Å². The predicted molar refractivity (Wildman–Crippen MR) is 70.3 cm³/mol. The summed E-state index contributed by atoms with van der Waals surface area (Å²) < 4.78 is 0. The highest BCUT2D eigenvalue weighted by atomic mass is 14.9. The van der Waals surface area contributed by atoms with Crippen molar-refractivity contribution in [3.8, 4) is 0 Å². The Hall–Kier alpha value is -0.300. The minimum Gasteiger partial charge on any atom is -0.314 e. The van der Waals surface area contributed by atoms with Crippen LogP contribution in [0, 0.1) is 0 Å². The zero-order valence-electron chi connectivity index (χ0n) is 11.1. The van der Waals surface area contributed by atoms with E-state index in [2.05, 4.69) is 39.1 Å².